The van der Waals surface area contributed by atoms with E-state index in [1.807, 2.05) is 0 Å². The number of carboxylic acid groups (broad SMARTS) is 1. The zero-order valence-corrected chi connectivity index (χ0v) is 12.0. The molecule has 0 saturated heterocycles. The van der Waals surface area contributed by atoms with Gasteiger partial charge in [-0.15, -0.1) is 11.8 Å². The molecule has 0 aromatic rings. The normalized spacial score (nSPS) is 30.5. The van der Waals surface area contributed by atoms with Gasteiger partial charge in [0.1, 0.15) is 5.78 Å². The van der Waals surface area contributed by atoms with Gasteiger partial charge in [-0.25, -0.2) is 4.79 Å². The predicted octanol–water partition coefficient (Wildman–Crippen LogP) is 0.261. The quantitative estimate of drug-likeness (QED) is 0.368. The summed E-state index contributed by atoms with van der Waals surface area (Å²) < 4.78 is 0. The molecule has 0 aliphatic heterocycles. The summed E-state index contributed by atoms with van der Waals surface area (Å²) in [5, 5.41) is 18.9. The van der Waals surface area contributed by atoms with Crippen molar-refractivity contribution in [2.24, 2.45) is 28.5 Å². The average molecular weight is 298 g/mol. The topological polar surface area (TPSA) is 113 Å². The highest BCUT2D eigenvalue weighted by atomic mass is 32.2. The number of Topliss-reactive ketones (excluding diaryl/α,β-unsaturated/α-hetero) is 1. The van der Waals surface area contributed by atoms with Crippen molar-refractivity contribution in [1.29, 1.82) is 0 Å². The van der Waals surface area contributed by atoms with Crippen LogP contribution < -0.4 is 5.73 Å². The summed E-state index contributed by atoms with van der Waals surface area (Å²) in [4.78, 5) is 28.0. The molecule has 0 aromatic carbocycles. The molecule has 0 radical (unpaired) electrons. The number of aliphatic hydroxyl groups is 1. The van der Waals surface area contributed by atoms with E-state index in [2.05, 4.69) is 4.99 Å². The highest BCUT2D eigenvalue weighted by Gasteiger charge is 2.58. The van der Waals surface area contributed by atoms with Crippen LogP contribution in [0.15, 0.2) is 15.5 Å². The molecule has 7 heteroatoms. The van der Waals surface area contributed by atoms with Crippen LogP contribution in [0, 0.1) is 17.8 Å². The van der Waals surface area contributed by atoms with Gasteiger partial charge in [-0.05, 0) is 24.2 Å². The number of fused-ring (bicyclic) bond motifs is 1. The summed E-state index contributed by atoms with van der Waals surface area (Å²) in [6, 6.07) is 0. The number of allylic oxidation sites excluding steroid dienone is 1. The highest BCUT2D eigenvalue weighted by molar-refractivity contribution is 8.03. The summed E-state index contributed by atoms with van der Waals surface area (Å²) in [6.45, 7) is 2.10. The van der Waals surface area contributed by atoms with Crippen LogP contribution in [0.5, 0.6) is 0 Å². The van der Waals surface area contributed by atoms with Gasteiger partial charge >= 0.3 is 5.97 Å². The zero-order valence-electron chi connectivity index (χ0n) is 11.2. The number of aliphatic imine (C=N–C) groups is 1. The van der Waals surface area contributed by atoms with Crippen molar-refractivity contribution in [3.63, 3.8) is 0 Å². The molecule has 2 aliphatic carbocycles. The molecule has 2 aliphatic rings. The number of aliphatic hydroxyl groups excluding tert-OH is 1. The van der Waals surface area contributed by atoms with E-state index < -0.39 is 23.9 Å². The summed E-state index contributed by atoms with van der Waals surface area (Å²) in [6.07, 6.45) is 1.06. The van der Waals surface area contributed by atoms with Gasteiger partial charge in [0.15, 0.2) is 0 Å². The number of ketones is 1. The van der Waals surface area contributed by atoms with Crippen molar-refractivity contribution in [3.05, 3.63) is 10.5 Å². The number of carbonyl (C=O) groups excluding carboxylic acids is 1. The van der Waals surface area contributed by atoms with Crippen molar-refractivity contribution in [2.45, 2.75) is 19.4 Å². The number of hydrogen-bond acceptors (Lipinski definition) is 5. The molecule has 6 nitrogen and oxygen atoms in total. The SMILES string of the molecule is C[C@H](O)[C@@H]1C(=O)[C@H]2C(C(=O)O)=C(SCCN=CN)C[C@H]21. The van der Waals surface area contributed by atoms with Crippen LogP contribution in [0.4, 0.5) is 0 Å². The van der Waals surface area contributed by atoms with Gasteiger partial charge in [0.25, 0.3) is 0 Å². The van der Waals surface area contributed by atoms with E-state index in [0.29, 0.717) is 18.7 Å². The highest BCUT2D eigenvalue weighted by Crippen LogP contribution is 2.54. The largest absolute Gasteiger partial charge is 0.478 e. The van der Waals surface area contributed by atoms with Crippen molar-refractivity contribution < 1.29 is 19.8 Å². The fourth-order valence-electron chi connectivity index (χ4n) is 3.10. The monoisotopic (exact) mass is 298 g/mol. The first-order valence-corrected chi connectivity index (χ1v) is 7.48. The first-order valence-electron chi connectivity index (χ1n) is 6.50. The van der Waals surface area contributed by atoms with Crippen LogP contribution in [0.25, 0.3) is 0 Å². The van der Waals surface area contributed by atoms with Crippen LogP contribution in [-0.4, -0.2) is 46.7 Å². The number of nitrogens with two attached hydrogens (primary N) is 1. The molecule has 20 heavy (non-hydrogen) atoms. The first kappa shape index (κ1) is 15.1. The molecule has 4 atom stereocenters. The average Bonchev–Trinajstić information content (AvgIpc) is 2.69. The minimum atomic E-state index is -1.03. The second kappa shape index (κ2) is 5.97. The van der Waals surface area contributed by atoms with E-state index in [-0.39, 0.29) is 17.3 Å². The number of carboxylic acids is 1. The molecule has 0 spiro atoms. The van der Waals surface area contributed by atoms with Crippen molar-refractivity contribution >= 4 is 29.9 Å². The number of rotatable bonds is 6. The second-order valence-corrected chi connectivity index (χ2v) is 6.25. The van der Waals surface area contributed by atoms with Crippen molar-refractivity contribution in [1.82, 2.24) is 0 Å². The molecular formula is C13H18N2O4S. The zero-order chi connectivity index (χ0) is 14.9. The molecule has 0 unspecified atom stereocenters. The Morgan fingerprint density at radius 3 is 2.90 bits per heavy atom. The van der Waals surface area contributed by atoms with Crippen LogP contribution in [0.3, 0.4) is 0 Å². The lowest BCUT2D eigenvalue weighted by Crippen LogP contribution is -2.51. The minimum Gasteiger partial charge on any atom is -0.478 e. The number of hydrogen-bond donors (Lipinski definition) is 3. The molecule has 110 valence electrons. The van der Waals surface area contributed by atoms with Gasteiger partial charge in [-0.1, -0.05) is 0 Å². The third kappa shape index (κ3) is 2.47. The molecule has 1 saturated carbocycles. The third-order valence-electron chi connectivity index (χ3n) is 3.91. The number of carbonyl (C=O) groups is 2. The van der Waals surface area contributed by atoms with E-state index >= 15 is 0 Å². The van der Waals surface area contributed by atoms with E-state index in [4.69, 9.17) is 5.73 Å². The standard InChI is InChI=1S/C13H18N2O4S/c1-6(16)9-7-4-8(20-3-2-15-5-14)11(13(18)19)10(7)12(9)17/h5-7,9-10,16H,2-4H2,1H3,(H2,14,15)(H,18,19)/t6-,7-,9-,10+/m0/s1. The maximum Gasteiger partial charge on any atom is 0.333 e. The molecule has 4 N–H and O–H groups in total. The Bertz CT molecular complexity index is 487. The van der Waals surface area contributed by atoms with Crippen LogP contribution in [0.2, 0.25) is 0 Å². The van der Waals surface area contributed by atoms with Gasteiger partial charge in [-0.2, -0.15) is 0 Å². The molecule has 0 heterocycles. The summed E-state index contributed by atoms with van der Waals surface area (Å²) >= 11 is 1.42. The Kier molecular flexibility index (Phi) is 4.49. The van der Waals surface area contributed by atoms with Gasteiger partial charge in [0, 0.05) is 11.7 Å². The summed E-state index contributed by atoms with van der Waals surface area (Å²) in [5.41, 5.74) is 5.36. The molecule has 2 rings (SSSR count). The van der Waals surface area contributed by atoms with Gasteiger partial charge in [0.05, 0.1) is 30.5 Å². The van der Waals surface area contributed by atoms with Gasteiger partial charge in [0.2, 0.25) is 0 Å². The van der Waals surface area contributed by atoms with Crippen molar-refractivity contribution in [3.8, 4) is 0 Å². The van der Waals surface area contributed by atoms with E-state index in [1.54, 1.807) is 6.92 Å². The maximum absolute atomic E-state index is 12.0. The van der Waals surface area contributed by atoms with Crippen LogP contribution >= 0.6 is 11.8 Å². The second-order valence-electron chi connectivity index (χ2n) is 5.06. The Morgan fingerprint density at radius 2 is 2.35 bits per heavy atom. The summed E-state index contributed by atoms with van der Waals surface area (Å²) in [7, 11) is 0. The Morgan fingerprint density at radius 1 is 1.65 bits per heavy atom. The Hall–Kier alpha value is -1.34. The smallest absolute Gasteiger partial charge is 0.333 e. The van der Waals surface area contributed by atoms with Crippen LogP contribution in [0.1, 0.15) is 13.3 Å². The van der Waals surface area contributed by atoms with E-state index in [0.717, 1.165) is 4.91 Å². The fourth-order valence-corrected chi connectivity index (χ4v) is 4.22. The minimum absolute atomic E-state index is 0.0610. The first-order chi connectivity index (χ1) is 9.49. The number of nitrogens with zero attached hydrogens (tertiary/aromatic N) is 1. The maximum atomic E-state index is 12.0. The van der Waals surface area contributed by atoms with Gasteiger partial charge in [-0.3, -0.25) is 9.79 Å². The molecular weight excluding hydrogens is 280 g/mol. The third-order valence-corrected chi connectivity index (χ3v) is 5.03. The molecule has 0 amide bonds. The lowest BCUT2D eigenvalue weighted by Gasteiger charge is -2.41. The molecule has 0 aromatic heterocycles. The van der Waals surface area contributed by atoms with Gasteiger partial charge < -0.3 is 15.9 Å². The van der Waals surface area contributed by atoms with E-state index in [1.165, 1.54) is 18.1 Å². The lowest BCUT2D eigenvalue weighted by atomic mass is 9.61. The Labute approximate surface area is 121 Å². The van der Waals surface area contributed by atoms with Crippen LogP contribution in [-0.2, 0) is 9.59 Å². The number of thioether (sulfide) groups is 1. The fraction of sp³-hybridized carbons (Fsp3) is 0.615. The molecule has 1 fully saturated rings. The number of aliphatic carboxylic acids is 1. The molecule has 0 bridgehead atoms. The van der Waals surface area contributed by atoms with Crippen molar-refractivity contribution in [2.75, 3.05) is 12.3 Å². The predicted molar refractivity (Wildman–Crippen MR) is 76.4 cm³/mol. The summed E-state index contributed by atoms with van der Waals surface area (Å²) in [5.74, 6) is -1.55. The lowest BCUT2D eigenvalue weighted by molar-refractivity contribution is -0.149. The Balaban J connectivity index is 2.11. The van der Waals surface area contributed by atoms with E-state index in [9.17, 15) is 19.8 Å².